The highest BCUT2D eigenvalue weighted by Crippen LogP contribution is 2.38. The number of hydrogen-bond donors (Lipinski definition) is 1. The second-order valence-corrected chi connectivity index (χ2v) is 4.57. The molecule has 0 bridgehead atoms. The van der Waals surface area contributed by atoms with Crippen molar-refractivity contribution in [3.8, 4) is 0 Å². The molecule has 0 aliphatic heterocycles. The van der Waals surface area contributed by atoms with Crippen molar-refractivity contribution in [3.05, 3.63) is 35.4 Å². The molecule has 2 rings (SSSR count). The number of benzene rings is 1. The van der Waals surface area contributed by atoms with Crippen molar-refractivity contribution in [3.63, 3.8) is 0 Å². The Hall–Kier alpha value is -0.820. The largest absolute Gasteiger partial charge is 0.313 e. The lowest BCUT2D eigenvalue weighted by molar-refractivity contribution is 0.376. The van der Waals surface area contributed by atoms with E-state index in [0.29, 0.717) is 6.04 Å². The van der Waals surface area contributed by atoms with Crippen molar-refractivity contribution in [2.75, 3.05) is 7.05 Å². The van der Waals surface area contributed by atoms with Crippen LogP contribution < -0.4 is 5.32 Å². The van der Waals surface area contributed by atoms with Gasteiger partial charge in [0, 0.05) is 6.04 Å². The molecule has 0 radical (unpaired) electrons. The van der Waals surface area contributed by atoms with E-state index in [4.69, 9.17) is 0 Å². The lowest BCUT2D eigenvalue weighted by Gasteiger charge is -2.19. The van der Waals surface area contributed by atoms with Crippen LogP contribution in [0.1, 0.15) is 43.4 Å². The van der Waals surface area contributed by atoms with Gasteiger partial charge in [0.25, 0.3) is 0 Å². The van der Waals surface area contributed by atoms with E-state index in [9.17, 15) is 0 Å². The maximum Gasteiger partial charge on any atom is 0.0352 e. The number of nitrogens with one attached hydrogen (secondary N) is 1. The van der Waals surface area contributed by atoms with Crippen molar-refractivity contribution in [2.45, 2.75) is 38.6 Å². The second-order valence-electron chi connectivity index (χ2n) is 4.57. The zero-order valence-corrected chi connectivity index (χ0v) is 9.79. The molecule has 0 spiro atoms. The Labute approximate surface area is 92.9 Å². The quantitative estimate of drug-likeness (QED) is 0.791. The van der Waals surface area contributed by atoms with Crippen LogP contribution in [0.2, 0.25) is 0 Å². The lowest BCUT2D eigenvalue weighted by Crippen LogP contribution is -2.21. The van der Waals surface area contributed by atoms with Crippen molar-refractivity contribution in [2.24, 2.45) is 5.92 Å². The van der Waals surface area contributed by atoms with Crippen molar-refractivity contribution < 1.29 is 0 Å². The summed E-state index contributed by atoms with van der Waals surface area (Å²) < 4.78 is 0. The van der Waals surface area contributed by atoms with Crippen molar-refractivity contribution in [1.82, 2.24) is 5.32 Å². The molecular weight excluding hydrogens is 182 g/mol. The normalized spacial score (nSPS) is 24.1. The van der Waals surface area contributed by atoms with Crippen LogP contribution in [0, 0.1) is 5.92 Å². The predicted molar refractivity (Wildman–Crippen MR) is 65.0 cm³/mol. The lowest BCUT2D eigenvalue weighted by atomic mass is 9.95. The molecule has 1 aromatic rings. The zero-order chi connectivity index (χ0) is 10.7. The minimum atomic E-state index is 0.591. The summed E-state index contributed by atoms with van der Waals surface area (Å²) in [4.78, 5) is 0. The minimum Gasteiger partial charge on any atom is -0.313 e. The Morgan fingerprint density at radius 2 is 2.13 bits per heavy atom. The molecule has 1 aliphatic rings. The molecule has 0 fully saturated rings. The molecule has 1 aliphatic carbocycles. The molecule has 0 saturated carbocycles. The highest BCUT2D eigenvalue weighted by Gasteiger charge is 2.29. The monoisotopic (exact) mass is 203 g/mol. The molecule has 2 unspecified atom stereocenters. The maximum absolute atomic E-state index is 3.48. The van der Waals surface area contributed by atoms with Crippen LogP contribution in [0.3, 0.4) is 0 Å². The molecule has 0 aromatic heterocycles. The molecular formula is C14H21N. The third-order valence-electron chi connectivity index (χ3n) is 3.58. The number of fused-ring (bicyclic) bond motifs is 1. The van der Waals surface area contributed by atoms with E-state index in [0.717, 1.165) is 5.92 Å². The Morgan fingerprint density at radius 3 is 2.87 bits per heavy atom. The zero-order valence-electron chi connectivity index (χ0n) is 9.79. The molecule has 1 heteroatoms. The molecule has 0 heterocycles. The van der Waals surface area contributed by atoms with E-state index in [1.165, 1.54) is 31.2 Å². The Bertz CT molecular complexity index is 319. The molecule has 1 N–H and O–H groups in total. The molecule has 1 aromatic carbocycles. The van der Waals surface area contributed by atoms with Gasteiger partial charge in [-0.3, -0.25) is 0 Å². The van der Waals surface area contributed by atoms with E-state index >= 15 is 0 Å². The van der Waals surface area contributed by atoms with Crippen LogP contribution in [0.15, 0.2) is 24.3 Å². The van der Waals surface area contributed by atoms with E-state index in [1.807, 2.05) is 0 Å². The van der Waals surface area contributed by atoms with E-state index in [2.05, 4.69) is 43.6 Å². The molecule has 0 amide bonds. The van der Waals surface area contributed by atoms with Crippen LogP contribution in [0.4, 0.5) is 0 Å². The Morgan fingerprint density at radius 1 is 1.33 bits per heavy atom. The number of rotatable bonds is 4. The first-order chi connectivity index (χ1) is 7.36. The van der Waals surface area contributed by atoms with Crippen LogP contribution in [-0.4, -0.2) is 7.05 Å². The van der Waals surface area contributed by atoms with E-state index < -0.39 is 0 Å². The third-order valence-corrected chi connectivity index (χ3v) is 3.58. The highest BCUT2D eigenvalue weighted by atomic mass is 14.9. The Balaban J connectivity index is 2.13. The summed E-state index contributed by atoms with van der Waals surface area (Å²) in [7, 11) is 2.09. The average Bonchev–Trinajstić information content (AvgIpc) is 2.63. The van der Waals surface area contributed by atoms with Crippen LogP contribution in [0.25, 0.3) is 0 Å². The smallest absolute Gasteiger partial charge is 0.0352 e. The van der Waals surface area contributed by atoms with Gasteiger partial charge >= 0.3 is 0 Å². The predicted octanol–water partition coefficient (Wildman–Crippen LogP) is 3.31. The van der Waals surface area contributed by atoms with Gasteiger partial charge in [-0.05, 0) is 36.9 Å². The second kappa shape index (κ2) is 4.80. The summed E-state index contributed by atoms with van der Waals surface area (Å²) in [6.45, 7) is 2.27. The van der Waals surface area contributed by atoms with Crippen LogP contribution in [0.5, 0.6) is 0 Å². The fourth-order valence-corrected chi connectivity index (χ4v) is 2.80. The van der Waals surface area contributed by atoms with Crippen molar-refractivity contribution >= 4 is 0 Å². The summed E-state index contributed by atoms with van der Waals surface area (Å²) in [5.74, 6) is 0.812. The summed E-state index contributed by atoms with van der Waals surface area (Å²) in [6, 6.07) is 9.47. The van der Waals surface area contributed by atoms with Gasteiger partial charge < -0.3 is 5.32 Å². The van der Waals surface area contributed by atoms with Crippen molar-refractivity contribution in [1.29, 1.82) is 0 Å². The van der Waals surface area contributed by atoms with Gasteiger partial charge in [0.1, 0.15) is 0 Å². The maximum atomic E-state index is 3.48. The fraction of sp³-hybridized carbons (Fsp3) is 0.571. The summed E-state index contributed by atoms with van der Waals surface area (Å²) >= 11 is 0. The van der Waals surface area contributed by atoms with Crippen LogP contribution >= 0.6 is 0 Å². The van der Waals surface area contributed by atoms with Gasteiger partial charge in [-0.2, -0.15) is 0 Å². The van der Waals surface area contributed by atoms with Gasteiger partial charge in [-0.15, -0.1) is 0 Å². The number of hydrogen-bond acceptors (Lipinski definition) is 1. The van der Waals surface area contributed by atoms with E-state index in [1.54, 1.807) is 5.56 Å². The van der Waals surface area contributed by atoms with Gasteiger partial charge in [0.05, 0.1) is 0 Å². The minimum absolute atomic E-state index is 0.591. The molecule has 82 valence electrons. The SMILES string of the molecule is CCCCC1Cc2ccccc2C1NC. The topological polar surface area (TPSA) is 12.0 Å². The average molecular weight is 203 g/mol. The first-order valence-electron chi connectivity index (χ1n) is 6.12. The highest BCUT2D eigenvalue weighted by molar-refractivity contribution is 5.35. The van der Waals surface area contributed by atoms with Gasteiger partial charge in [0.15, 0.2) is 0 Å². The molecule has 1 nitrogen and oxygen atoms in total. The standard InChI is InChI=1S/C14H21N/c1-3-4-7-12-10-11-8-5-6-9-13(11)14(12)15-2/h5-6,8-9,12,14-15H,3-4,7,10H2,1-2H3. The summed E-state index contributed by atoms with van der Waals surface area (Å²) in [5.41, 5.74) is 3.08. The summed E-state index contributed by atoms with van der Waals surface area (Å²) in [5, 5.41) is 3.48. The third kappa shape index (κ3) is 2.07. The molecule has 0 saturated heterocycles. The first kappa shape index (κ1) is 10.7. The Kier molecular flexibility index (Phi) is 3.42. The fourth-order valence-electron chi connectivity index (χ4n) is 2.80. The van der Waals surface area contributed by atoms with E-state index in [-0.39, 0.29) is 0 Å². The van der Waals surface area contributed by atoms with Gasteiger partial charge in [-0.25, -0.2) is 0 Å². The van der Waals surface area contributed by atoms with Gasteiger partial charge in [0.2, 0.25) is 0 Å². The summed E-state index contributed by atoms with van der Waals surface area (Å²) in [6.07, 6.45) is 5.29. The molecule has 15 heavy (non-hydrogen) atoms. The van der Waals surface area contributed by atoms with Crippen LogP contribution in [-0.2, 0) is 6.42 Å². The molecule has 2 atom stereocenters. The number of unbranched alkanes of at least 4 members (excludes halogenated alkanes) is 1. The van der Waals surface area contributed by atoms with Gasteiger partial charge in [-0.1, -0.05) is 44.0 Å². The first-order valence-corrected chi connectivity index (χ1v) is 6.12.